The quantitative estimate of drug-likeness (QED) is 0.533. The lowest BCUT2D eigenvalue weighted by Gasteiger charge is -2.49. The summed E-state index contributed by atoms with van der Waals surface area (Å²) in [7, 11) is 3.56. The van der Waals surface area contributed by atoms with Gasteiger partial charge in [-0.1, -0.05) is 12.1 Å². The van der Waals surface area contributed by atoms with E-state index in [0.717, 1.165) is 24.2 Å². The maximum absolute atomic E-state index is 13.3. The van der Waals surface area contributed by atoms with Crippen LogP contribution in [0.25, 0.3) is 0 Å². The monoisotopic (exact) mass is 420 g/mol. The molecule has 3 heterocycles. The van der Waals surface area contributed by atoms with Crippen molar-refractivity contribution in [2.24, 2.45) is 12.5 Å². The molecule has 0 atom stereocenters. The molecule has 1 N–H and O–H groups in total. The minimum absolute atomic E-state index is 0.0775. The van der Waals surface area contributed by atoms with Gasteiger partial charge >= 0.3 is 0 Å². The number of nitrogens with zero attached hydrogens (tertiary/aromatic N) is 5. The van der Waals surface area contributed by atoms with Crippen molar-refractivity contribution in [2.75, 3.05) is 31.6 Å². The van der Waals surface area contributed by atoms with Crippen LogP contribution >= 0.6 is 0 Å². The van der Waals surface area contributed by atoms with Crippen LogP contribution in [0.5, 0.6) is 5.75 Å². The largest absolute Gasteiger partial charge is 0.497 e. The molecule has 1 saturated heterocycles. The number of methoxy groups -OCH3 is 1. The van der Waals surface area contributed by atoms with Crippen LogP contribution in [-0.2, 0) is 24.7 Å². The Morgan fingerprint density at radius 2 is 2.00 bits per heavy atom. The van der Waals surface area contributed by atoms with Gasteiger partial charge in [-0.15, -0.1) is 0 Å². The van der Waals surface area contributed by atoms with Crippen molar-refractivity contribution in [1.82, 2.24) is 25.1 Å². The van der Waals surface area contributed by atoms with Gasteiger partial charge in [-0.2, -0.15) is 5.10 Å². The first-order valence-corrected chi connectivity index (χ1v) is 10.5. The molecule has 3 aromatic rings. The summed E-state index contributed by atoms with van der Waals surface area (Å²) in [6.07, 6.45) is 9.73. The number of carbonyl (C=O) groups excluding carboxylic acids is 1. The molecule has 0 bridgehead atoms. The number of benzene rings is 1. The third-order valence-corrected chi connectivity index (χ3v) is 5.67. The van der Waals surface area contributed by atoms with Gasteiger partial charge in [-0.05, 0) is 48.6 Å². The number of ether oxygens (including phenoxy) is 1. The molecule has 1 fully saturated rings. The average molecular weight is 421 g/mol. The number of aromatic nitrogens is 4. The van der Waals surface area contributed by atoms with Gasteiger partial charge < -0.3 is 15.0 Å². The van der Waals surface area contributed by atoms with Gasteiger partial charge in [0.1, 0.15) is 5.75 Å². The minimum atomic E-state index is -0.514. The molecule has 31 heavy (non-hydrogen) atoms. The van der Waals surface area contributed by atoms with E-state index in [9.17, 15) is 4.79 Å². The van der Waals surface area contributed by atoms with E-state index >= 15 is 0 Å². The number of carbonyl (C=O) groups is 1. The molecule has 1 aliphatic heterocycles. The van der Waals surface area contributed by atoms with E-state index < -0.39 is 5.41 Å². The second-order valence-electron chi connectivity index (χ2n) is 8.10. The third-order valence-electron chi connectivity index (χ3n) is 5.67. The molecule has 2 aromatic heterocycles. The topological polar surface area (TPSA) is 85.2 Å². The zero-order chi connectivity index (χ0) is 21.7. The maximum atomic E-state index is 13.3. The van der Waals surface area contributed by atoms with Crippen molar-refractivity contribution >= 4 is 11.9 Å². The van der Waals surface area contributed by atoms with Crippen LogP contribution in [-0.4, -0.2) is 52.4 Å². The Labute approximate surface area is 182 Å². The van der Waals surface area contributed by atoms with Gasteiger partial charge in [0.05, 0.1) is 18.7 Å². The highest BCUT2D eigenvalue weighted by atomic mass is 16.5. The summed E-state index contributed by atoms with van der Waals surface area (Å²) in [4.78, 5) is 24.0. The number of hydrogen-bond donors (Lipinski definition) is 1. The van der Waals surface area contributed by atoms with Gasteiger partial charge in [0.15, 0.2) is 0 Å². The minimum Gasteiger partial charge on any atom is -0.497 e. The fraction of sp³-hybridized carbons (Fsp3) is 0.391. The lowest BCUT2D eigenvalue weighted by atomic mass is 9.74. The van der Waals surface area contributed by atoms with E-state index in [1.54, 1.807) is 30.3 Å². The summed E-state index contributed by atoms with van der Waals surface area (Å²) in [5, 5.41) is 7.35. The summed E-state index contributed by atoms with van der Waals surface area (Å²) >= 11 is 0. The summed E-state index contributed by atoms with van der Waals surface area (Å²) in [6, 6.07) is 9.71. The van der Waals surface area contributed by atoms with Crippen molar-refractivity contribution in [1.29, 1.82) is 0 Å². The summed E-state index contributed by atoms with van der Waals surface area (Å²) in [5.41, 5.74) is 1.75. The zero-order valence-electron chi connectivity index (χ0n) is 18.0. The van der Waals surface area contributed by atoms with Crippen LogP contribution in [0.15, 0.2) is 55.1 Å². The maximum Gasteiger partial charge on any atom is 0.230 e. The number of nitrogens with one attached hydrogen (secondary N) is 1. The first-order chi connectivity index (χ1) is 15.1. The standard InChI is InChI=1S/C23H28N6O2/c1-28-15-19(14-27-28)7-4-9-24-21(30)23(13-18-6-3-8-20(12-18)31-2)16-29(17-23)22-25-10-5-11-26-22/h3,5-6,8,10-12,14-15H,4,7,9,13,16-17H2,1-2H3,(H,24,30). The number of hydrogen-bond acceptors (Lipinski definition) is 6. The highest BCUT2D eigenvalue weighted by molar-refractivity contribution is 5.86. The molecule has 8 nitrogen and oxygen atoms in total. The molecule has 1 amide bonds. The number of anilines is 1. The Balaban J connectivity index is 1.41. The fourth-order valence-electron chi connectivity index (χ4n) is 4.07. The molecule has 162 valence electrons. The first-order valence-electron chi connectivity index (χ1n) is 10.5. The molecule has 0 unspecified atom stereocenters. The summed E-state index contributed by atoms with van der Waals surface area (Å²) in [6.45, 7) is 1.81. The molecule has 1 aromatic carbocycles. The molecule has 1 aliphatic rings. The highest BCUT2D eigenvalue weighted by Gasteiger charge is 2.50. The summed E-state index contributed by atoms with van der Waals surface area (Å²) < 4.78 is 7.15. The van der Waals surface area contributed by atoms with Crippen molar-refractivity contribution in [3.8, 4) is 5.75 Å². The Hall–Kier alpha value is -3.42. The Kier molecular flexibility index (Phi) is 6.16. The lowest BCUT2D eigenvalue weighted by molar-refractivity contribution is -0.132. The van der Waals surface area contributed by atoms with E-state index in [4.69, 9.17) is 4.74 Å². The van der Waals surface area contributed by atoms with Gasteiger partial charge in [0.2, 0.25) is 11.9 Å². The van der Waals surface area contributed by atoms with Crippen LogP contribution < -0.4 is 15.0 Å². The molecule has 8 heteroatoms. The van der Waals surface area contributed by atoms with Gasteiger partial charge in [0, 0.05) is 45.3 Å². The van der Waals surface area contributed by atoms with Crippen LogP contribution in [0, 0.1) is 5.41 Å². The van der Waals surface area contributed by atoms with Crippen LogP contribution in [0.1, 0.15) is 17.5 Å². The number of aryl methyl sites for hydroxylation is 2. The molecule has 0 spiro atoms. The Bertz CT molecular complexity index is 1010. The SMILES string of the molecule is COc1cccc(CC2(C(=O)NCCCc3cnn(C)c3)CN(c3ncccn3)C2)c1. The van der Waals surface area contributed by atoms with E-state index in [1.165, 1.54) is 5.56 Å². The van der Waals surface area contributed by atoms with E-state index in [2.05, 4.69) is 25.3 Å². The van der Waals surface area contributed by atoms with E-state index in [1.807, 2.05) is 43.7 Å². The van der Waals surface area contributed by atoms with Crippen LogP contribution in [0.4, 0.5) is 5.95 Å². The zero-order valence-corrected chi connectivity index (χ0v) is 18.0. The Morgan fingerprint density at radius 3 is 2.71 bits per heavy atom. The van der Waals surface area contributed by atoms with Gasteiger partial charge in [-0.3, -0.25) is 9.48 Å². The second-order valence-corrected chi connectivity index (χ2v) is 8.10. The van der Waals surface area contributed by atoms with Crippen LogP contribution in [0.3, 0.4) is 0 Å². The molecule has 0 saturated carbocycles. The summed E-state index contributed by atoms with van der Waals surface area (Å²) in [5.74, 6) is 1.54. The Morgan fingerprint density at radius 1 is 1.19 bits per heavy atom. The first kappa shape index (κ1) is 20.8. The van der Waals surface area contributed by atoms with Crippen molar-refractivity contribution in [3.63, 3.8) is 0 Å². The normalized spacial score (nSPS) is 14.7. The molecular formula is C23H28N6O2. The van der Waals surface area contributed by atoms with Crippen molar-refractivity contribution in [2.45, 2.75) is 19.3 Å². The third kappa shape index (κ3) is 4.84. The smallest absolute Gasteiger partial charge is 0.230 e. The molecule has 4 rings (SSSR count). The van der Waals surface area contributed by atoms with Crippen molar-refractivity contribution in [3.05, 3.63) is 66.2 Å². The predicted octanol–water partition coefficient (Wildman–Crippen LogP) is 2.02. The predicted molar refractivity (Wildman–Crippen MR) is 118 cm³/mol. The van der Waals surface area contributed by atoms with Crippen LogP contribution in [0.2, 0.25) is 0 Å². The fourth-order valence-corrected chi connectivity index (χ4v) is 4.07. The van der Waals surface area contributed by atoms with Crippen molar-refractivity contribution < 1.29 is 9.53 Å². The molecule has 0 radical (unpaired) electrons. The van der Waals surface area contributed by atoms with Gasteiger partial charge in [0.25, 0.3) is 0 Å². The molecular weight excluding hydrogens is 392 g/mol. The average Bonchev–Trinajstić information content (AvgIpc) is 3.19. The van der Waals surface area contributed by atoms with E-state index in [0.29, 0.717) is 32.0 Å². The second kappa shape index (κ2) is 9.16. The number of amides is 1. The molecule has 0 aliphatic carbocycles. The van der Waals surface area contributed by atoms with E-state index in [-0.39, 0.29) is 5.91 Å². The number of rotatable bonds is 9. The lowest BCUT2D eigenvalue weighted by Crippen LogP contribution is -2.65. The van der Waals surface area contributed by atoms with Gasteiger partial charge in [-0.25, -0.2) is 9.97 Å². The highest BCUT2D eigenvalue weighted by Crippen LogP contribution is 2.37.